The molecule has 0 aliphatic carbocycles. The summed E-state index contributed by atoms with van der Waals surface area (Å²) < 4.78 is 46.0. The predicted molar refractivity (Wildman–Crippen MR) is 113 cm³/mol. The molecule has 2 aromatic carbocycles. The van der Waals surface area contributed by atoms with E-state index in [-0.39, 0.29) is 29.7 Å². The average Bonchev–Trinajstić information content (AvgIpc) is 3.27. The summed E-state index contributed by atoms with van der Waals surface area (Å²) in [6, 6.07) is 10.9. The zero-order valence-corrected chi connectivity index (χ0v) is 17.8. The fraction of sp³-hybridized carbons (Fsp3) is 0.333. The molecular formula is C21H24FN3O5S. The SMILES string of the molecule is CN(CC(=O)Nc1ccc(F)cc1)C(=O)c1cccc(S(=O)(=O)NC[C@H]2CCCO2)c1. The van der Waals surface area contributed by atoms with E-state index in [0.29, 0.717) is 12.3 Å². The number of halogens is 1. The number of anilines is 1. The zero-order chi connectivity index (χ0) is 22.4. The molecule has 31 heavy (non-hydrogen) atoms. The topological polar surface area (TPSA) is 105 Å². The van der Waals surface area contributed by atoms with Gasteiger partial charge >= 0.3 is 0 Å². The van der Waals surface area contributed by atoms with Crippen molar-refractivity contribution in [2.24, 2.45) is 0 Å². The van der Waals surface area contributed by atoms with Gasteiger partial charge in [0.15, 0.2) is 0 Å². The Morgan fingerprint density at radius 3 is 2.61 bits per heavy atom. The Morgan fingerprint density at radius 2 is 1.94 bits per heavy atom. The van der Waals surface area contributed by atoms with Crippen LogP contribution in [0.25, 0.3) is 0 Å². The van der Waals surface area contributed by atoms with Crippen LogP contribution < -0.4 is 10.0 Å². The van der Waals surface area contributed by atoms with E-state index in [9.17, 15) is 22.4 Å². The van der Waals surface area contributed by atoms with Gasteiger partial charge in [0.05, 0.1) is 17.5 Å². The standard InChI is InChI=1S/C21H24FN3O5S/c1-25(14-20(26)24-17-9-7-16(22)8-10-17)21(27)15-4-2-6-19(12-15)31(28,29)23-13-18-5-3-11-30-18/h2,4,6-10,12,18,23H,3,5,11,13-14H2,1H3,(H,24,26)/t18-/m1/s1. The highest BCUT2D eigenvalue weighted by atomic mass is 32.2. The van der Waals surface area contributed by atoms with Gasteiger partial charge in [0.1, 0.15) is 5.82 Å². The van der Waals surface area contributed by atoms with Gasteiger partial charge in [-0.25, -0.2) is 17.5 Å². The molecule has 0 bridgehead atoms. The van der Waals surface area contributed by atoms with Crippen molar-refractivity contribution in [2.75, 3.05) is 32.1 Å². The highest BCUT2D eigenvalue weighted by molar-refractivity contribution is 7.89. The molecule has 1 heterocycles. The van der Waals surface area contributed by atoms with E-state index in [1.807, 2.05) is 0 Å². The molecule has 1 saturated heterocycles. The number of ether oxygens (including phenoxy) is 1. The van der Waals surface area contributed by atoms with Gasteiger partial charge in [-0.15, -0.1) is 0 Å². The van der Waals surface area contributed by atoms with Crippen LogP contribution in [0.15, 0.2) is 53.4 Å². The third-order valence-electron chi connectivity index (χ3n) is 4.77. The molecule has 8 nitrogen and oxygen atoms in total. The number of carbonyl (C=O) groups is 2. The third-order valence-corrected chi connectivity index (χ3v) is 6.19. The summed E-state index contributed by atoms with van der Waals surface area (Å²) in [4.78, 5) is 26.0. The van der Waals surface area contributed by atoms with E-state index in [0.717, 1.165) is 12.8 Å². The molecule has 1 aliphatic heterocycles. The van der Waals surface area contributed by atoms with Crippen LogP contribution in [0.4, 0.5) is 10.1 Å². The summed E-state index contributed by atoms with van der Waals surface area (Å²) in [7, 11) is -2.37. The maximum absolute atomic E-state index is 13.0. The first kappa shape index (κ1) is 22.9. The normalized spacial score (nSPS) is 16.1. The fourth-order valence-corrected chi connectivity index (χ4v) is 4.24. The first-order valence-corrected chi connectivity index (χ1v) is 11.2. The molecule has 2 aromatic rings. The molecule has 0 saturated carbocycles. The molecule has 1 atom stereocenters. The molecule has 3 rings (SSSR count). The van der Waals surface area contributed by atoms with Crippen LogP contribution in [0.2, 0.25) is 0 Å². The summed E-state index contributed by atoms with van der Waals surface area (Å²) in [5.74, 6) is -1.40. The molecule has 1 fully saturated rings. The zero-order valence-electron chi connectivity index (χ0n) is 17.0. The van der Waals surface area contributed by atoms with Gasteiger partial charge in [-0.3, -0.25) is 9.59 Å². The van der Waals surface area contributed by atoms with Crippen molar-refractivity contribution in [3.8, 4) is 0 Å². The molecule has 0 spiro atoms. The first-order valence-electron chi connectivity index (χ1n) is 9.77. The second-order valence-electron chi connectivity index (χ2n) is 7.23. The highest BCUT2D eigenvalue weighted by Gasteiger charge is 2.22. The van der Waals surface area contributed by atoms with Crippen molar-refractivity contribution >= 4 is 27.5 Å². The smallest absolute Gasteiger partial charge is 0.254 e. The Balaban J connectivity index is 1.61. The number of benzene rings is 2. The van der Waals surface area contributed by atoms with Crippen LogP contribution in [-0.2, 0) is 19.6 Å². The third kappa shape index (κ3) is 6.33. The fourth-order valence-electron chi connectivity index (χ4n) is 3.13. The lowest BCUT2D eigenvalue weighted by molar-refractivity contribution is -0.116. The number of amides is 2. The van der Waals surface area contributed by atoms with Gasteiger partial charge in [-0.1, -0.05) is 6.07 Å². The maximum Gasteiger partial charge on any atom is 0.254 e. The number of hydrogen-bond donors (Lipinski definition) is 2. The molecule has 0 aromatic heterocycles. The van der Waals surface area contributed by atoms with Gasteiger partial charge in [-0.2, -0.15) is 0 Å². The first-order chi connectivity index (χ1) is 14.7. The van der Waals surface area contributed by atoms with E-state index in [4.69, 9.17) is 4.74 Å². The van der Waals surface area contributed by atoms with Crippen LogP contribution in [0.1, 0.15) is 23.2 Å². The van der Waals surface area contributed by atoms with Crippen molar-refractivity contribution in [3.63, 3.8) is 0 Å². The van der Waals surface area contributed by atoms with Crippen LogP contribution in [-0.4, -0.2) is 58.0 Å². The quantitative estimate of drug-likeness (QED) is 0.641. The number of carbonyl (C=O) groups excluding carboxylic acids is 2. The molecular weight excluding hydrogens is 425 g/mol. The Labute approximate surface area is 180 Å². The maximum atomic E-state index is 13.0. The molecule has 2 N–H and O–H groups in total. The molecule has 0 unspecified atom stereocenters. The van der Waals surface area contributed by atoms with Crippen molar-refractivity contribution in [1.29, 1.82) is 0 Å². The number of nitrogens with one attached hydrogen (secondary N) is 2. The second-order valence-corrected chi connectivity index (χ2v) is 9.00. The summed E-state index contributed by atoms with van der Waals surface area (Å²) in [6.07, 6.45) is 1.55. The average molecular weight is 450 g/mol. The van der Waals surface area contributed by atoms with E-state index in [1.54, 1.807) is 0 Å². The lowest BCUT2D eigenvalue weighted by atomic mass is 10.2. The Bertz CT molecular complexity index is 1040. The second kappa shape index (κ2) is 9.99. The molecule has 166 valence electrons. The van der Waals surface area contributed by atoms with Crippen molar-refractivity contribution in [3.05, 3.63) is 59.9 Å². The summed E-state index contributed by atoms with van der Waals surface area (Å²) >= 11 is 0. The minimum absolute atomic E-state index is 0.0412. The molecule has 0 radical (unpaired) electrons. The van der Waals surface area contributed by atoms with Crippen molar-refractivity contribution in [1.82, 2.24) is 9.62 Å². The lowest BCUT2D eigenvalue weighted by Crippen LogP contribution is -2.35. The number of likely N-dealkylation sites (N-methyl/N-ethyl adjacent to an activating group) is 1. The van der Waals surface area contributed by atoms with Crippen LogP contribution in [0, 0.1) is 5.82 Å². The van der Waals surface area contributed by atoms with Gasteiger partial charge in [0.25, 0.3) is 5.91 Å². The molecule has 10 heteroatoms. The van der Waals surface area contributed by atoms with Gasteiger partial charge in [-0.05, 0) is 55.3 Å². The Kier molecular flexibility index (Phi) is 7.37. The van der Waals surface area contributed by atoms with E-state index in [1.165, 1.54) is 60.5 Å². The van der Waals surface area contributed by atoms with Crippen molar-refractivity contribution < 1.29 is 27.1 Å². The number of hydrogen-bond acceptors (Lipinski definition) is 5. The van der Waals surface area contributed by atoms with Gasteiger partial charge in [0, 0.05) is 31.5 Å². The Hall–Kier alpha value is -2.82. The predicted octanol–water partition coefficient (Wildman–Crippen LogP) is 1.99. The van der Waals surface area contributed by atoms with Crippen LogP contribution >= 0.6 is 0 Å². The summed E-state index contributed by atoms with van der Waals surface area (Å²) in [5.41, 5.74) is 0.537. The minimum atomic E-state index is -3.81. The number of sulfonamides is 1. The summed E-state index contributed by atoms with van der Waals surface area (Å²) in [6.45, 7) is 0.534. The molecule has 1 aliphatic rings. The largest absolute Gasteiger partial charge is 0.377 e. The Morgan fingerprint density at radius 1 is 1.19 bits per heavy atom. The van der Waals surface area contributed by atoms with E-state index in [2.05, 4.69) is 10.0 Å². The highest BCUT2D eigenvalue weighted by Crippen LogP contribution is 2.16. The summed E-state index contributed by atoms with van der Waals surface area (Å²) in [5, 5.41) is 2.57. The van der Waals surface area contributed by atoms with E-state index < -0.39 is 27.7 Å². The van der Waals surface area contributed by atoms with Crippen LogP contribution in [0.3, 0.4) is 0 Å². The number of nitrogens with zero attached hydrogens (tertiary/aromatic N) is 1. The molecule has 2 amide bonds. The van der Waals surface area contributed by atoms with Gasteiger partial charge < -0.3 is 15.0 Å². The van der Waals surface area contributed by atoms with E-state index >= 15 is 0 Å². The van der Waals surface area contributed by atoms with Gasteiger partial charge in [0.2, 0.25) is 15.9 Å². The monoisotopic (exact) mass is 449 g/mol. The van der Waals surface area contributed by atoms with Crippen LogP contribution in [0.5, 0.6) is 0 Å². The van der Waals surface area contributed by atoms with Crippen molar-refractivity contribution in [2.45, 2.75) is 23.8 Å². The minimum Gasteiger partial charge on any atom is -0.377 e. The lowest BCUT2D eigenvalue weighted by Gasteiger charge is -2.17. The number of rotatable bonds is 8.